The van der Waals surface area contributed by atoms with Crippen molar-refractivity contribution >= 4 is 12.0 Å². The normalized spacial score (nSPS) is 12.0. The van der Waals surface area contributed by atoms with Crippen LogP contribution < -0.4 is 14.8 Å². The van der Waals surface area contributed by atoms with Crippen LogP contribution in [0.25, 0.3) is 6.08 Å². The summed E-state index contributed by atoms with van der Waals surface area (Å²) in [6, 6.07) is 15.4. The van der Waals surface area contributed by atoms with Gasteiger partial charge in [0.15, 0.2) is 11.5 Å². The Morgan fingerprint density at radius 1 is 1.17 bits per heavy atom. The van der Waals surface area contributed by atoms with Crippen molar-refractivity contribution in [2.45, 2.75) is 19.9 Å². The van der Waals surface area contributed by atoms with Gasteiger partial charge in [-0.15, -0.1) is 0 Å². The highest BCUT2D eigenvalue weighted by molar-refractivity contribution is 5.92. The lowest BCUT2D eigenvalue weighted by atomic mass is 10.1. The number of benzene rings is 2. The van der Waals surface area contributed by atoms with Gasteiger partial charge in [-0.2, -0.15) is 0 Å². The van der Waals surface area contributed by atoms with Gasteiger partial charge in [0.1, 0.15) is 0 Å². The summed E-state index contributed by atoms with van der Waals surface area (Å²) < 4.78 is 10.8. The van der Waals surface area contributed by atoms with E-state index in [0.29, 0.717) is 18.1 Å². The van der Waals surface area contributed by atoms with Crippen LogP contribution in [-0.4, -0.2) is 19.6 Å². The predicted molar refractivity (Wildman–Crippen MR) is 96.2 cm³/mol. The average Bonchev–Trinajstić information content (AvgIpc) is 2.61. The molecule has 0 radical (unpaired) electrons. The Balaban J connectivity index is 2.02. The van der Waals surface area contributed by atoms with E-state index in [9.17, 15) is 4.79 Å². The van der Waals surface area contributed by atoms with Gasteiger partial charge in [-0.05, 0) is 43.2 Å². The standard InChI is InChI=1S/C20H23NO3/c1-4-24-19-14-16(10-12-18(19)23-3)11-13-20(22)21-15(2)17-8-6-5-7-9-17/h5-15H,4H2,1-3H3,(H,21,22)/b13-11+/t15-/m1/s1. The molecule has 0 saturated heterocycles. The molecule has 126 valence electrons. The molecule has 0 unspecified atom stereocenters. The molecule has 0 fully saturated rings. The summed E-state index contributed by atoms with van der Waals surface area (Å²) >= 11 is 0. The summed E-state index contributed by atoms with van der Waals surface area (Å²) in [5.41, 5.74) is 1.95. The van der Waals surface area contributed by atoms with Crippen LogP contribution in [0.3, 0.4) is 0 Å². The van der Waals surface area contributed by atoms with Gasteiger partial charge < -0.3 is 14.8 Å². The number of hydrogen-bond acceptors (Lipinski definition) is 3. The zero-order valence-corrected chi connectivity index (χ0v) is 14.3. The summed E-state index contributed by atoms with van der Waals surface area (Å²) in [5, 5.41) is 2.95. The lowest BCUT2D eigenvalue weighted by Gasteiger charge is -2.12. The molecule has 0 heterocycles. The van der Waals surface area contributed by atoms with Crippen molar-refractivity contribution in [3.63, 3.8) is 0 Å². The van der Waals surface area contributed by atoms with E-state index in [4.69, 9.17) is 9.47 Å². The van der Waals surface area contributed by atoms with E-state index >= 15 is 0 Å². The molecule has 0 aliphatic rings. The highest BCUT2D eigenvalue weighted by Gasteiger charge is 2.07. The fourth-order valence-electron chi connectivity index (χ4n) is 2.32. The van der Waals surface area contributed by atoms with E-state index in [1.54, 1.807) is 13.2 Å². The molecule has 24 heavy (non-hydrogen) atoms. The van der Waals surface area contributed by atoms with E-state index in [1.807, 2.05) is 62.4 Å². The van der Waals surface area contributed by atoms with Crippen LogP contribution in [0.1, 0.15) is 31.0 Å². The van der Waals surface area contributed by atoms with Crippen molar-refractivity contribution in [3.05, 3.63) is 65.7 Å². The lowest BCUT2D eigenvalue weighted by molar-refractivity contribution is -0.117. The Morgan fingerprint density at radius 2 is 1.92 bits per heavy atom. The third-order valence-corrected chi connectivity index (χ3v) is 3.57. The molecule has 2 aromatic rings. The first kappa shape index (κ1) is 17.6. The first-order valence-corrected chi connectivity index (χ1v) is 7.98. The SMILES string of the molecule is CCOc1cc(/C=C/C(=O)N[C@H](C)c2ccccc2)ccc1OC. The predicted octanol–water partition coefficient (Wildman–Crippen LogP) is 3.98. The van der Waals surface area contributed by atoms with Crippen LogP contribution in [0.2, 0.25) is 0 Å². The van der Waals surface area contributed by atoms with Gasteiger partial charge in [0.2, 0.25) is 5.91 Å². The first-order valence-electron chi connectivity index (χ1n) is 7.98. The third kappa shape index (κ3) is 4.88. The Morgan fingerprint density at radius 3 is 2.58 bits per heavy atom. The van der Waals surface area contributed by atoms with E-state index in [0.717, 1.165) is 11.1 Å². The second-order valence-electron chi connectivity index (χ2n) is 5.32. The Hall–Kier alpha value is -2.75. The number of carbonyl (C=O) groups is 1. The number of hydrogen-bond donors (Lipinski definition) is 1. The van der Waals surface area contributed by atoms with Crippen LogP contribution in [0.15, 0.2) is 54.6 Å². The first-order chi connectivity index (χ1) is 11.6. The van der Waals surface area contributed by atoms with Crippen molar-refractivity contribution in [2.75, 3.05) is 13.7 Å². The minimum absolute atomic E-state index is 0.0433. The van der Waals surface area contributed by atoms with Gasteiger partial charge in [-0.3, -0.25) is 4.79 Å². The molecule has 4 heteroatoms. The zero-order chi connectivity index (χ0) is 17.4. The Labute approximate surface area is 143 Å². The molecule has 0 bridgehead atoms. The summed E-state index contributed by atoms with van der Waals surface area (Å²) in [5.74, 6) is 1.21. The molecule has 0 aliphatic heterocycles. The van der Waals surface area contributed by atoms with E-state index < -0.39 is 0 Å². The molecular weight excluding hydrogens is 302 g/mol. The Kier molecular flexibility index (Phi) is 6.43. The Bertz CT molecular complexity index is 695. The van der Waals surface area contributed by atoms with Crippen molar-refractivity contribution in [1.82, 2.24) is 5.32 Å². The minimum atomic E-state index is -0.139. The molecule has 0 aromatic heterocycles. The summed E-state index contributed by atoms with van der Waals surface area (Å²) in [4.78, 5) is 12.1. The van der Waals surface area contributed by atoms with Crippen LogP contribution in [0, 0.1) is 0 Å². The molecule has 1 atom stereocenters. The molecule has 0 spiro atoms. The van der Waals surface area contributed by atoms with Gasteiger partial charge in [0.05, 0.1) is 19.8 Å². The highest BCUT2D eigenvalue weighted by Crippen LogP contribution is 2.28. The number of ether oxygens (including phenoxy) is 2. The van der Waals surface area contributed by atoms with Crippen molar-refractivity contribution in [1.29, 1.82) is 0 Å². The van der Waals surface area contributed by atoms with E-state index in [1.165, 1.54) is 6.08 Å². The van der Waals surface area contributed by atoms with Crippen LogP contribution in [0.4, 0.5) is 0 Å². The highest BCUT2D eigenvalue weighted by atomic mass is 16.5. The molecular formula is C20H23NO3. The van der Waals surface area contributed by atoms with Gasteiger partial charge in [-0.1, -0.05) is 36.4 Å². The molecule has 1 amide bonds. The van der Waals surface area contributed by atoms with Crippen LogP contribution >= 0.6 is 0 Å². The van der Waals surface area contributed by atoms with Gasteiger partial charge in [-0.25, -0.2) is 0 Å². The van der Waals surface area contributed by atoms with Gasteiger partial charge in [0.25, 0.3) is 0 Å². The topological polar surface area (TPSA) is 47.6 Å². The summed E-state index contributed by atoms with van der Waals surface area (Å²) in [6.45, 7) is 4.43. The second-order valence-corrected chi connectivity index (χ2v) is 5.32. The fraction of sp³-hybridized carbons (Fsp3) is 0.250. The molecule has 0 aliphatic carbocycles. The molecule has 2 rings (SSSR count). The molecule has 0 saturated carbocycles. The van der Waals surface area contributed by atoms with E-state index in [2.05, 4.69) is 5.32 Å². The van der Waals surface area contributed by atoms with Gasteiger partial charge in [0, 0.05) is 6.08 Å². The minimum Gasteiger partial charge on any atom is -0.493 e. The van der Waals surface area contributed by atoms with Crippen molar-refractivity contribution in [3.8, 4) is 11.5 Å². The maximum atomic E-state index is 12.1. The quantitative estimate of drug-likeness (QED) is 0.783. The number of rotatable bonds is 7. The zero-order valence-electron chi connectivity index (χ0n) is 14.3. The van der Waals surface area contributed by atoms with E-state index in [-0.39, 0.29) is 11.9 Å². The smallest absolute Gasteiger partial charge is 0.244 e. The van der Waals surface area contributed by atoms with Crippen molar-refractivity contribution in [2.24, 2.45) is 0 Å². The maximum Gasteiger partial charge on any atom is 0.244 e. The van der Waals surface area contributed by atoms with Gasteiger partial charge >= 0.3 is 0 Å². The van der Waals surface area contributed by atoms with Crippen LogP contribution in [0.5, 0.6) is 11.5 Å². The number of nitrogens with one attached hydrogen (secondary N) is 1. The van der Waals surface area contributed by atoms with Crippen molar-refractivity contribution < 1.29 is 14.3 Å². The average molecular weight is 325 g/mol. The monoisotopic (exact) mass is 325 g/mol. The maximum absolute atomic E-state index is 12.1. The molecule has 4 nitrogen and oxygen atoms in total. The lowest BCUT2D eigenvalue weighted by Crippen LogP contribution is -2.24. The summed E-state index contributed by atoms with van der Waals surface area (Å²) in [7, 11) is 1.60. The molecule has 1 N–H and O–H groups in total. The largest absolute Gasteiger partial charge is 0.493 e. The second kappa shape index (κ2) is 8.77. The molecule has 2 aromatic carbocycles. The summed E-state index contributed by atoms with van der Waals surface area (Å²) in [6.07, 6.45) is 3.28. The third-order valence-electron chi connectivity index (χ3n) is 3.57. The number of methoxy groups -OCH3 is 1. The fourth-order valence-corrected chi connectivity index (χ4v) is 2.32. The number of amides is 1. The van der Waals surface area contributed by atoms with Crippen LogP contribution in [-0.2, 0) is 4.79 Å². The number of carbonyl (C=O) groups excluding carboxylic acids is 1.